The van der Waals surface area contributed by atoms with Crippen LogP contribution >= 0.6 is 0 Å². The third-order valence-electron chi connectivity index (χ3n) is 0.949. The molecule has 0 saturated heterocycles. The van der Waals surface area contributed by atoms with Crippen molar-refractivity contribution >= 4 is 5.97 Å². The molecule has 0 amide bonds. The monoisotopic (exact) mass is 178 g/mol. The Labute approximate surface area is 70.6 Å². The lowest BCUT2D eigenvalue weighted by molar-refractivity contribution is -0.131. The lowest BCUT2D eigenvalue weighted by Crippen LogP contribution is -2.14. The molecule has 0 saturated carbocycles. The highest BCUT2D eigenvalue weighted by Crippen LogP contribution is 1.87. The number of carbonyl (C=O) groups is 1. The average Bonchev–Trinajstić information content (AvgIpc) is 2.09. The highest BCUT2D eigenvalue weighted by Gasteiger charge is 2.00. The Hall–Kier alpha value is -0.910. The Bertz CT molecular complexity index is 113. The molecule has 72 valence electrons. The van der Waals surface area contributed by atoms with Gasteiger partial charge in [0.1, 0.15) is 0 Å². The van der Waals surface area contributed by atoms with Crippen LogP contribution in [0.5, 0.6) is 0 Å². The number of aliphatic hydroxyl groups excluding tert-OH is 3. The molecule has 5 nitrogen and oxygen atoms in total. The van der Waals surface area contributed by atoms with Crippen molar-refractivity contribution < 1.29 is 25.2 Å². The van der Waals surface area contributed by atoms with Crippen molar-refractivity contribution in [2.75, 3.05) is 19.8 Å². The number of carboxylic acids is 1. The molecule has 4 N–H and O–H groups in total. The molecular formula is C7H14O5. The van der Waals surface area contributed by atoms with Gasteiger partial charge in [-0.05, 0) is 0 Å². The molecule has 0 unspecified atom stereocenters. The van der Waals surface area contributed by atoms with Gasteiger partial charge in [-0.15, -0.1) is 0 Å². The summed E-state index contributed by atoms with van der Waals surface area (Å²) >= 11 is 0. The predicted molar refractivity (Wildman–Crippen MR) is 42.6 cm³/mol. The molecule has 0 fully saturated rings. The molecule has 0 spiro atoms. The Kier molecular flexibility index (Phi) is 11.5. The van der Waals surface area contributed by atoms with E-state index in [0.29, 0.717) is 0 Å². The molecule has 0 atom stereocenters. The van der Waals surface area contributed by atoms with Crippen LogP contribution in [0.15, 0.2) is 12.7 Å². The van der Waals surface area contributed by atoms with Gasteiger partial charge in [-0.1, -0.05) is 6.58 Å². The minimum Gasteiger partial charge on any atom is -0.478 e. The minimum atomic E-state index is -0.981. The zero-order chi connectivity index (χ0) is 9.98. The maximum atomic E-state index is 9.25. The highest BCUT2D eigenvalue weighted by atomic mass is 16.4. The van der Waals surface area contributed by atoms with Gasteiger partial charge >= 0.3 is 5.97 Å². The summed E-state index contributed by atoms with van der Waals surface area (Å²) in [6.07, 6.45) is 0.833. The Morgan fingerprint density at radius 3 is 1.50 bits per heavy atom. The maximum Gasteiger partial charge on any atom is 0.327 e. The van der Waals surface area contributed by atoms with E-state index in [1.54, 1.807) is 0 Å². The second-order valence-electron chi connectivity index (χ2n) is 1.96. The Balaban J connectivity index is 0. The first-order chi connectivity index (χ1) is 5.62. The third-order valence-corrected chi connectivity index (χ3v) is 0.949. The number of hydrogen-bond acceptors (Lipinski definition) is 4. The van der Waals surface area contributed by atoms with Gasteiger partial charge in [0.25, 0.3) is 0 Å². The van der Waals surface area contributed by atoms with Gasteiger partial charge in [-0.3, -0.25) is 0 Å². The van der Waals surface area contributed by atoms with Crippen LogP contribution in [0.25, 0.3) is 0 Å². The first kappa shape index (κ1) is 13.7. The molecule has 0 aliphatic carbocycles. The van der Waals surface area contributed by atoms with Crippen LogP contribution in [0, 0.1) is 5.92 Å². The van der Waals surface area contributed by atoms with E-state index in [0.717, 1.165) is 6.08 Å². The minimum absolute atomic E-state index is 0.146. The zero-order valence-electron chi connectivity index (χ0n) is 6.68. The first-order valence-corrected chi connectivity index (χ1v) is 3.30. The van der Waals surface area contributed by atoms with Gasteiger partial charge < -0.3 is 20.4 Å². The Morgan fingerprint density at radius 1 is 1.25 bits per heavy atom. The van der Waals surface area contributed by atoms with Crippen molar-refractivity contribution in [2.24, 2.45) is 5.92 Å². The van der Waals surface area contributed by atoms with Crippen LogP contribution in [0.2, 0.25) is 0 Å². The van der Waals surface area contributed by atoms with Crippen LogP contribution in [-0.2, 0) is 4.79 Å². The second kappa shape index (κ2) is 10.1. The van der Waals surface area contributed by atoms with E-state index in [9.17, 15) is 4.79 Å². The highest BCUT2D eigenvalue weighted by molar-refractivity contribution is 5.78. The van der Waals surface area contributed by atoms with Gasteiger partial charge in [0.15, 0.2) is 0 Å². The fourth-order valence-corrected chi connectivity index (χ4v) is 0.173. The van der Waals surface area contributed by atoms with Gasteiger partial charge in [-0.2, -0.15) is 0 Å². The molecular weight excluding hydrogens is 164 g/mol. The quantitative estimate of drug-likeness (QED) is 0.407. The topological polar surface area (TPSA) is 98.0 Å². The SMILES string of the molecule is C=CC(=O)O.OCC(CO)CO. The molecule has 12 heavy (non-hydrogen) atoms. The molecule has 0 heterocycles. The van der Waals surface area contributed by atoms with Crippen molar-refractivity contribution in [2.45, 2.75) is 0 Å². The molecule has 0 bridgehead atoms. The number of rotatable bonds is 4. The molecule has 0 rings (SSSR count). The van der Waals surface area contributed by atoms with Gasteiger partial charge in [0, 0.05) is 12.0 Å². The standard InChI is InChI=1S/C4H10O3.C3H4O2/c5-1-4(2-6)3-7;1-2-3(4)5/h4-7H,1-3H2;2H,1H2,(H,4,5). The van der Waals surface area contributed by atoms with Gasteiger partial charge in [0.05, 0.1) is 19.8 Å². The van der Waals surface area contributed by atoms with Crippen molar-refractivity contribution in [3.8, 4) is 0 Å². The number of aliphatic hydroxyl groups is 3. The summed E-state index contributed by atoms with van der Waals surface area (Å²) in [5, 5.41) is 32.2. The van der Waals surface area contributed by atoms with Gasteiger partial charge in [0.2, 0.25) is 0 Å². The summed E-state index contributed by atoms with van der Waals surface area (Å²) in [4.78, 5) is 9.25. The third kappa shape index (κ3) is 11.8. The van der Waals surface area contributed by atoms with Crippen LogP contribution in [0.3, 0.4) is 0 Å². The smallest absolute Gasteiger partial charge is 0.327 e. The van der Waals surface area contributed by atoms with E-state index in [4.69, 9.17) is 20.4 Å². The van der Waals surface area contributed by atoms with E-state index >= 15 is 0 Å². The van der Waals surface area contributed by atoms with Crippen molar-refractivity contribution in [3.63, 3.8) is 0 Å². The predicted octanol–water partition coefficient (Wildman–Crippen LogP) is -1.16. The molecule has 0 aliphatic rings. The summed E-state index contributed by atoms with van der Waals surface area (Å²) in [6.45, 7) is 2.52. The van der Waals surface area contributed by atoms with Crippen LogP contribution < -0.4 is 0 Å². The molecule has 0 aromatic rings. The van der Waals surface area contributed by atoms with Crippen molar-refractivity contribution in [3.05, 3.63) is 12.7 Å². The fraction of sp³-hybridized carbons (Fsp3) is 0.571. The molecule has 0 aromatic heterocycles. The van der Waals surface area contributed by atoms with E-state index < -0.39 is 5.97 Å². The summed E-state index contributed by atoms with van der Waals surface area (Å²) in [5.74, 6) is -1.33. The summed E-state index contributed by atoms with van der Waals surface area (Å²) in [6, 6.07) is 0. The van der Waals surface area contributed by atoms with E-state index in [-0.39, 0.29) is 25.7 Å². The van der Waals surface area contributed by atoms with Crippen molar-refractivity contribution in [1.82, 2.24) is 0 Å². The normalized spacial score (nSPS) is 8.67. The molecule has 0 aromatic carbocycles. The number of hydrogen-bond donors (Lipinski definition) is 4. The first-order valence-electron chi connectivity index (χ1n) is 3.30. The molecule has 0 aliphatic heterocycles. The van der Waals surface area contributed by atoms with Gasteiger partial charge in [-0.25, -0.2) is 4.79 Å². The number of aliphatic carboxylic acids is 1. The largest absolute Gasteiger partial charge is 0.478 e. The lowest BCUT2D eigenvalue weighted by atomic mass is 10.2. The number of carboxylic acid groups (broad SMARTS) is 1. The van der Waals surface area contributed by atoms with Crippen LogP contribution in [-0.4, -0.2) is 46.2 Å². The van der Waals surface area contributed by atoms with E-state index in [2.05, 4.69) is 6.58 Å². The summed E-state index contributed by atoms with van der Waals surface area (Å²) in [5.41, 5.74) is 0. The lowest BCUT2D eigenvalue weighted by Gasteiger charge is -2.02. The second-order valence-corrected chi connectivity index (χ2v) is 1.96. The van der Waals surface area contributed by atoms with E-state index in [1.807, 2.05) is 0 Å². The summed E-state index contributed by atoms with van der Waals surface area (Å²) in [7, 11) is 0. The maximum absolute atomic E-state index is 9.25. The molecule has 0 radical (unpaired) electrons. The summed E-state index contributed by atoms with van der Waals surface area (Å²) < 4.78 is 0. The fourth-order valence-electron chi connectivity index (χ4n) is 0.173. The van der Waals surface area contributed by atoms with E-state index in [1.165, 1.54) is 0 Å². The van der Waals surface area contributed by atoms with Crippen LogP contribution in [0.1, 0.15) is 0 Å². The van der Waals surface area contributed by atoms with Crippen LogP contribution in [0.4, 0.5) is 0 Å². The average molecular weight is 178 g/mol. The van der Waals surface area contributed by atoms with Crippen molar-refractivity contribution in [1.29, 1.82) is 0 Å². The Morgan fingerprint density at radius 2 is 1.50 bits per heavy atom. The zero-order valence-corrected chi connectivity index (χ0v) is 6.68. The molecule has 5 heteroatoms.